The lowest BCUT2D eigenvalue weighted by molar-refractivity contribution is -0.132. The molecule has 28 heavy (non-hydrogen) atoms. The van der Waals surface area contributed by atoms with Crippen LogP contribution in [0.1, 0.15) is 18.5 Å². The van der Waals surface area contributed by atoms with Gasteiger partial charge in [-0.1, -0.05) is 6.07 Å². The van der Waals surface area contributed by atoms with Crippen molar-refractivity contribution >= 4 is 17.6 Å². The van der Waals surface area contributed by atoms with Crippen molar-refractivity contribution < 1.29 is 14.0 Å². The summed E-state index contributed by atoms with van der Waals surface area (Å²) in [6, 6.07) is 11.2. The number of hydrogen-bond acceptors (Lipinski definition) is 3. The summed E-state index contributed by atoms with van der Waals surface area (Å²) in [5, 5.41) is 2.79. The molecule has 4 rings (SSSR count). The highest BCUT2D eigenvalue weighted by molar-refractivity contribution is 5.90. The second-order valence-electron chi connectivity index (χ2n) is 7.74. The van der Waals surface area contributed by atoms with E-state index >= 15 is 0 Å². The first-order valence-electron chi connectivity index (χ1n) is 9.43. The minimum absolute atomic E-state index is 0.0372. The summed E-state index contributed by atoms with van der Waals surface area (Å²) in [5.74, 6) is -0.261. The smallest absolute Gasteiger partial charge is 0.321 e. The molecular formula is C21H23FN4O2. The normalized spacial score (nSPS) is 22.9. The number of pyridine rings is 1. The van der Waals surface area contributed by atoms with E-state index in [1.807, 2.05) is 18.2 Å². The quantitative estimate of drug-likeness (QED) is 0.884. The third kappa shape index (κ3) is 3.69. The van der Waals surface area contributed by atoms with Crippen LogP contribution in [0.2, 0.25) is 0 Å². The Bertz CT molecular complexity index is 874. The third-order valence-electron chi connectivity index (χ3n) is 5.76. The maximum Gasteiger partial charge on any atom is 0.321 e. The zero-order valence-corrected chi connectivity index (χ0v) is 15.8. The Hall–Kier alpha value is -2.96. The molecular weight excluding hydrogens is 359 g/mol. The molecule has 2 heterocycles. The van der Waals surface area contributed by atoms with Crippen LogP contribution in [0, 0.1) is 17.2 Å². The van der Waals surface area contributed by atoms with E-state index in [0.29, 0.717) is 25.3 Å². The maximum atomic E-state index is 13.0. The van der Waals surface area contributed by atoms with Gasteiger partial charge < -0.3 is 15.1 Å². The highest BCUT2D eigenvalue weighted by Gasteiger charge is 2.61. The first-order chi connectivity index (χ1) is 13.5. The van der Waals surface area contributed by atoms with E-state index in [-0.39, 0.29) is 29.1 Å². The third-order valence-corrected chi connectivity index (χ3v) is 5.76. The molecule has 1 aromatic carbocycles. The van der Waals surface area contributed by atoms with Crippen molar-refractivity contribution in [2.24, 2.45) is 11.3 Å². The monoisotopic (exact) mass is 382 g/mol. The summed E-state index contributed by atoms with van der Waals surface area (Å²) in [6.07, 6.45) is 3.37. The molecule has 2 atom stereocenters. The van der Waals surface area contributed by atoms with Crippen molar-refractivity contribution in [1.82, 2.24) is 14.8 Å². The average molecular weight is 382 g/mol. The largest absolute Gasteiger partial charge is 0.340 e. The molecule has 1 saturated carbocycles. The van der Waals surface area contributed by atoms with Gasteiger partial charge in [0.15, 0.2) is 0 Å². The molecule has 1 aliphatic carbocycles. The van der Waals surface area contributed by atoms with Crippen LogP contribution in [-0.2, 0) is 11.3 Å². The van der Waals surface area contributed by atoms with Gasteiger partial charge in [0.05, 0.1) is 12.2 Å². The molecule has 1 saturated heterocycles. The molecule has 2 aromatic rings. The molecule has 1 aromatic heterocycles. The zero-order chi connectivity index (χ0) is 19.7. The number of rotatable bonds is 4. The fraction of sp³-hybridized carbons (Fsp3) is 0.381. The molecule has 0 radical (unpaired) electrons. The second-order valence-corrected chi connectivity index (χ2v) is 7.74. The molecule has 3 amide bonds. The number of urea groups is 1. The molecule has 7 heteroatoms. The van der Waals surface area contributed by atoms with Gasteiger partial charge in [0.2, 0.25) is 5.91 Å². The maximum absolute atomic E-state index is 13.0. The lowest BCUT2D eigenvalue weighted by atomic mass is 10.0. The van der Waals surface area contributed by atoms with Crippen molar-refractivity contribution in [3.63, 3.8) is 0 Å². The van der Waals surface area contributed by atoms with E-state index in [0.717, 1.165) is 18.5 Å². The SMILES string of the molecule is CN(Cc1ccccn1)C(=O)[C@H]1C[C@]12CCN(C(=O)Nc1ccc(F)cc1)C2. The number of hydrogen-bond donors (Lipinski definition) is 1. The molecule has 1 N–H and O–H groups in total. The van der Waals surface area contributed by atoms with E-state index in [2.05, 4.69) is 10.3 Å². The van der Waals surface area contributed by atoms with Gasteiger partial charge in [0.1, 0.15) is 5.82 Å². The van der Waals surface area contributed by atoms with Crippen LogP contribution in [0.4, 0.5) is 14.9 Å². The Morgan fingerprint density at radius 2 is 2.07 bits per heavy atom. The van der Waals surface area contributed by atoms with E-state index in [4.69, 9.17) is 0 Å². The van der Waals surface area contributed by atoms with Crippen molar-refractivity contribution in [2.75, 3.05) is 25.5 Å². The minimum atomic E-state index is -0.340. The van der Waals surface area contributed by atoms with Crippen molar-refractivity contribution in [3.05, 3.63) is 60.2 Å². The van der Waals surface area contributed by atoms with Gasteiger partial charge in [-0.05, 0) is 49.2 Å². The lowest BCUT2D eigenvalue weighted by Crippen LogP contribution is -2.34. The van der Waals surface area contributed by atoms with Gasteiger partial charge >= 0.3 is 6.03 Å². The average Bonchev–Trinajstić information content (AvgIpc) is 3.22. The minimum Gasteiger partial charge on any atom is -0.340 e. The molecule has 0 bridgehead atoms. The van der Waals surface area contributed by atoms with E-state index in [1.54, 1.807) is 23.0 Å². The highest BCUT2D eigenvalue weighted by atomic mass is 19.1. The fourth-order valence-electron chi connectivity index (χ4n) is 4.03. The highest BCUT2D eigenvalue weighted by Crippen LogP contribution is 2.59. The second kappa shape index (κ2) is 7.22. The number of carbonyl (C=O) groups is 2. The van der Waals surface area contributed by atoms with Crippen LogP contribution in [0.15, 0.2) is 48.7 Å². The molecule has 1 spiro atoms. The Morgan fingerprint density at radius 3 is 2.79 bits per heavy atom. The zero-order valence-electron chi connectivity index (χ0n) is 15.8. The predicted octanol–water partition coefficient (Wildman–Crippen LogP) is 3.12. The number of amides is 3. The number of carbonyl (C=O) groups excluding carboxylic acids is 2. The number of anilines is 1. The van der Waals surface area contributed by atoms with Crippen LogP contribution in [-0.4, -0.2) is 46.9 Å². The molecule has 1 aliphatic heterocycles. The van der Waals surface area contributed by atoms with E-state index in [9.17, 15) is 14.0 Å². The Labute approximate surface area is 163 Å². The number of nitrogens with zero attached hydrogens (tertiary/aromatic N) is 3. The van der Waals surface area contributed by atoms with Crippen molar-refractivity contribution in [2.45, 2.75) is 19.4 Å². The van der Waals surface area contributed by atoms with Crippen LogP contribution < -0.4 is 5.32 Å². The summed E-state index contributed by atoms with van der Waals surface area (Å²) in [6.45, 7) is 1.69. The van der Waals surface area contributed by atoms with Gasteiger partial charge in [-0.3, -0.25) is 9.78 Å². The van der Waals surface area contributed by atoms with Crippen LogP contribution >= 0.6 is 0 Å². The number of likely N-dealkylation sites (tertiary alicyclic amines) is 1. The molecule has 0 unspecified atom stereocenters. The number of nitrogens with one attached hydrogen (secondary N) is 1. The predicted molar refractivity (Wildman–Crippen MR) is 103 cm³/mol. The number of aromatic nitrogens is 1. The standard InChI is InChI=1S/C21H23FN4O2/c1-25(13-17-4-2-3-10-23-17)19(27)18-12-21(18)9-11-26(14-21)20(28)24-16-7-5-15(22)6-8-16/h2-8,10,18H,9,11-14H2,1H3,(H,24,28)/t18-,21+/m1/s1. The van der Waals surface area contributed by atoms with Gasteiger partial charge in [0.25, 0.3) is 0 Å². The summed E-state index contributed by atoms with van der Waals surface area (Å²) >= 11 is 0. The lowest BCUT2D eigenvalue weighted by Gasteiger charge is -2.20. The van der Waals surface area contributed by atoms with E-state index in [1.165, 1.54) is 24.3 Å². The summed E-state index contributed by atoms with van der Waals surface area (Å²) < 4.78 is 13.0. The first kappa shape index (κ1) is 18.4. The summed E-state index contributed by atoms with van der Waals surface area (Å²) in [7, 11) is 1.80. The van der Waals surface area contributed by atoms with Gasteiger partial charge in [-0.25, -0.2) is 9.18 Å². The molecule has 6 nitrogen and oxygen atoms in total. The van der Waals surface area contributed by atoms with Gasteiger partial charge in [-0.15, -0.1) is 0 Å². The molecule has 146 valence electrons. The Morgan fingerprint density at radius 1 is 1.29 bits per heavy atom. The fourth-order valence-corrected chi connectivity index (χ4v) is 4.03. The topological polar surface area (TPSA) is 65.5 Å². The number of halogens is 1. The Balaban J connectivity index is 1.32. The van der Waals surface area contributed by atoms with Gasteiger partial charge in [0, 0.05) is 43.4 Å². The summed E-state index contributed by atoms with van der Waals surface area (Å²) in [5.41, 5.74) is 1.32. The Kier molecular flexibility index (Phi) is 4.75. The van der Waals surface area contributed by atoms with Crippen LogP contribution in [0.5, 0.6) is 0 Å². The van der Waals surface area contributed by atoms with Gasteiger partial charge in [-0.2, -0.15) is 0 Å². The van der Waals surface area contributed by atoms with Crippen LogP contribution in [0.3, 0.4) is 0 Å². The summed E-state index contributed by atoms with van der Waals surface area (Å²) in [4.78, 5) is 33.0. The van der Waals surface area contributed by atoms with Crippen molar-refractivity contribution in [1.29, 1.82) is 0 Å². The van der Waals surface area contributed by atoms with E-state index < -0.39 is 0 Å². The molecule has 2 fully saturated rings. The number of benzene rings is 1. The van der Waals surface area contributed by atoms with Crippen LogP contribution in [0.25, 0.3) is 0 Å². The van der Waals surface area contributed by atoms with Crippen molar-refractivity contribution in [3.8, 4) is 0 Å². The molecule has 2 aliphatic rings. The first-order valence-corrected chi connectivity index (χ1v) is 9.43.